The molecule has 13 heavy (non-hydrogen) atoms. The summed E-state index contributed by atoms with van der Waals surface area (Å²) in [7, 11) is 4.11. The minimum atomic E-state index is 1.13. The lowest BCUT2D eigenvalue weighted by Crippen LogP contribution is -2.08. The van der Waals surface area contributed by atoms with Crippen molar-refractivity contribution < 1.29 is 0 Å². The lowest BCUT2D eigenvalue weighted by molar-refractivity contribution is 1.14. The van der Waals surface area contributed by atoms with Crippen molar-refractivity contribution in [1.82, 2.24) is 4.98 Å². The molecule has 0 unspecified atom stereocenters. The molecule has 2 nitrogen and oxygen atoms in total. The summed E-state index contributed by atoms with van der Waals surface area (Å²) >= 11 is 1.75. The number of aryl methyl sites for hydroxylation is 1. The number of fused-ring (bicyclic) bond motifs is 1. The summed E-state index contributed by atoms with van der Waals surface area (Å²) in [5.74, 6) is 0. The molecular formula is C10H12N2S. The lowest BCUT2D eigenvalue weighted by atomic mass is 10.2. The van der Waals surface area contributed by atoms with E-state index in [2.05, 4.69) is 43.0 Å². The minimum Gasteiger partial charge on any atom is -0.377 e. The number of hydrogen-bond acceptors (Lipinski definition) is 3. The first-order chi connectivity index (χ1) is 6.18. The monoisotopic (exact) mass is 192 g/mol. The number of anilines is 1. The summed E-state index contributed by atoms with van der Waals surface area (Å²) in [5, 5.41) is 1.26. The highest BCUT2D eigenvalue weighted by molar-refractivity contribution is 7.18. The van der Waals surface area contributed by atoms with Crippen LogP contribution in [0.25, 0.3) is 10.2 Å². The Morgan fingerprint density at radius 2 is 2.15 bits per heavy atom. The smallest absolute Gasteiger partial charge is 0.125 e. The predicted molar refractivity (Wildman–Crippen MR) is 58.7 cm³/mol. The van der Waals surface area contributed by atoms with Gasteiger partial charge in [0.25, 0.3) is 0 Å². The van der Waals surface area contributed by atoms with Gasteiger partial charge >= 0.3 is 0 Å². The molecule has 0 saturated carbocycles. The Kier molecular flexibility index (Phi) is 1.96. The summed E-state index contributed by atoms with van der Waals surface area (Å²) in [6.07, 6.45) is 1.87. The molecule has 0 atom stereocenters. The van der Waals surface area contributed by atoms with Crippen LogP contribution in [0.2, 0.25) is 0 Å². The number of hydrogen-bond donors (Lipinski definition) is 0. The van der Waals surface area contributed by atoms with Gasteiger partial charge in [-0.3, -0.25) is 0 Å². The molecule has 0 aliphatic heterocycles. The van der Waals surface area contributed by atoms with Crippen molar-refractivity contribution in [2.24, 2.45) is 0 Å². The quantitative estimate of drug-likeness (QED) is 0.690. The molecule has 0 aliphatic carbocycles. The van der Waals surface area contributed by atoms with Gasteiger partial charge in [0.2, 0.25) is 0 Å². The number of pyridine rings is 1. The van der Waals surface area contributed by atoms with Crippen LogP contribution in [-0.2, 0) is 0 Å². The second kappa shape index (κ2) is 3.00. The van der Waals surface area contributed by atoms with Gasteiger partial charge in [-0.15, -0.1) is 11.3 Å². The Hall–Kier alpha value is -1.09. The average molecular weight is 192 g/mol. The summed E-state index contributed by atoms with van der Waals surface area (Å²) < 4.78 is 0. The highest BCUT2D eigenvalue weighted by Crippen LogP contribution is 2.30. The first kappa shape index (κ1) is 8.51. The van der Waals surface area contributed by atoms with Gasteiger partial charge in [0.05, 0.1) is 0 Å². The zero-order valence-electron chi connectivity index (χ0n) is 8.03. The highest BCUT2D eigenvalue weighted by atomic mass is 32.1. The standard InChI is InChI=1S/C10H12N2S/c1-7-6-8-9(12(2)3)4-5-11-10(8)13-7/h4-6H,1-3H3. The van der Waals surface area contributed by atoms with Crippen molar-refractivity contribution >= 4 is 27.2 Å². The third-order valence-corrected chi connectivity index (χ3v) is 2.98. The third-order valence-electron chi connectivity index (χ3n) is 2.02. The maximum Gasteiger partial charge on any atom is 0.125 e. The molecule has 2 aromatic heterocycles. The second-order valence-corrected chi connectivity index (χ2v) is 4.54. The van der Waals surface area contributed by atoms with Crippen molar-refractivity contribution in [2.75, 3.05) is 19.0 Å². The SMILES string of the molecule is Cc1cc2c(N(C)C)ccnc2s1. The van der Waals surface area contributed by atoms with Gasteiger partial charge < -0.3 is 4.90 Å². The van der Waals surface area contributed by atoms with Crippen LogP contribution in [0, 0.1) is 6.92 Å². The van der Waals surface area contributed by atoms with Crippen LogP contribution >= 0.6 is 11.3 Å². The number of aromatic nitrogens is 1. The normalized spacial score (nSPS) is 10.7. The molecule has 0 fully saturated rings. The predicted octanol–water partition coefficient (Wildman–Crippen LogP) is 2.67. The van der Waals surface area contributed by atoms with Crippen molar-refractivity contribution in [3.8, 4) is 0 Å². The van der Waals surface area contributed by atoms with Gasteiger partial charge in [-0.25, -0.2) is 4.98 Å². The number of thiophene rings is 1. The topological polar surface area (TPSA) is 16.1 Å². The van der Waals surface area contributed by atoms with Crippen LogP contribution in [0.5, 0.6) is 0 Å². The molecule has 0 aliphatic rings. The molecule has 0 amide bonds. The van der Waals surface area contributed by atoms with Crippen LogP contribution in [0.3, 0.4) is 0 Å². The average Bonchev–Trinajstić information content (AvgIpc) is 2.43. The van der Waals surface area contributed by atoms with E-state index in [9.17, 15) is 0 Å². The summed E-state index contributed by atoms with van der Waals surface area (Å²) in [5.41, 5.74) is 1.24. The van der Waals surface area contributed by atoms with Crippen molar-refractivity contribution in [3.05, 3.63) is 23.2 Å². The Bertz CT molecular complexity index is 431. The summed E-state index contributed by atoms with van der Waals surface area (Å²) in [6.45, 7) is 2.12. The molecule has 0 radical (unpaired) electrons. The molecule has 68 valence electrons. The molecule has 0 aromatic carbocycles. The molecule has 2 rings (SSSR count). The fraction of sp³-hybridized carbons (Fsp3) is 0.300. The zero-order valence-corrected chi connectivity index (χ0v) is 8.85. The van der Waals surface area contributed by atoms with E-state index in [1.165, 1.54) is 16.0 Å². The maximum atomic E-state index is 4.34. The van der Waals surface area contributed by atoms with Crippen LogP contribution in [0.1, 0.15) is 4.88 Å². The largest absolute Gasteiger partial charge is 0.377 e. The Morgan fingerprint density at radius 3 is 2.85 bits per heavy atom. The highest BCUT2D eigenvalue weighted by Gasteiger charge is 2.05. The van der Waals surface area contributed by atoms with Gasteiger partial charge in [-0.1, -0.05) is 0 Å². The van der Waals surface area contributed by atoms with Crippen LogP contribution in [0.15, 0.2) is 18.3 Å². The fourth-order valence-electron chi connectivity index (χ4n) is 1.44. The molecule has 2 aromatic rings. The van der Waals surface area contributed by atoms with Crippen molar-refractivity contribution in [2.45, 2.75) is 6.92 Å². The van der Waals surface area contributed by atoms with Crippen LogP contribution < -0.4 is 4.90 Å². The summed E-state index contributed by atoms with van der Waals surface area (Å²) in [6, 6.07) is 4.25. The van der Waals surface area contributed by atoms with E-state index >= 15 is 0 Å². The van der Waals surface area contributed by atoms with E-state index < -0.39 is 0 Å². The Morgan fingerprint density at radius 1 is 1.38 bits per heavy atom. The fourth-order valence-corrected chi connectivity index (χ4v) is 2.31. The first-order valence-corrected chi connectivity index (χ1v) is 5.02. The molecule has 0 N–H and O–H groups in total. The van der Waals surface area contributed by atoms with Gasteiger partial charge in [0, 0.05) is 36.2 Å². The van der Waals surface area contributed by atoms with Gasteiger partial charge in [0.1, 0.15) is 4.83 Å². The van der Waals surface area contributed by atoms with Gasteiger partial charge in [0.15, 0.2) is 0 Å². The van der Waals surface area contributed by atoms with Gasteiger partial charge in [-0.05, 0) is 19.1 Å². The van der Waals surface area contributed by atoms with Crippen LogP contribution in [-0.4, -0.2) is 19.1 Å². The third kappa shape index (κ3) is 1.40. The Balaban J connectivity index is 2.75. The molecule has 0 bridgehead atoms. The second-order valence-electron chi connectivity index (χ2n) is 3.30. The Labute approximate surface area is 81.8 Å². The molecule has 0 spiro atoms. The van der Waals surface area contributed by atoms with Crippen LogP contribution in [0.4, 0.5) is 5.69 Å². The number of nitrogens with zero attached hydrogens (tertiary/aromatic N) is 2. The molecular weight excluding hydrogens is 180 g/mol. The van der Waals surface area contributed by atoms with E-state index in [0.717, 1.165) is 4.83 Å². The van der Waals surface area contributed by atoms with Gasteiger partial charge in [-0.2, -0.15) is 0 Å². The maximum absolute atomic E-state index is 4.34. The molecule has 2 heterocycles. The van der Waals surface area contributed by atoms with E-state index in [1.807, 2.05) is 6.20 Å². The first-order valence-electron chi connectivity index (χ1n) is 4.21. The van der Waals surface area contributed by atoms with E-state index in [4.69, 9.17) is 0 Å². The minimum absolute atomic E-state index is 1.13. The molecule has 0 saturated heterocycles. The van der Waals surface area contributed by atoms with E-state index in [0.29, 0.717) is 0 Å². The van der Waals surface area contributed by atoms with Crippen molar-refractivity contribution in [3.63, 3.8) is 0 Å². The van der Waals surface area contributed by atoms with E-state index in [-0.39, 0.29) is 0 Å². The van der Waals surface area contributed by atoms with Crippen molar-refractivity contribution in [1.29, 1.82) is 0 Å². The lowest BCUT2D eigenvalue weighted by Gasteiger charge is -2.12. The molecule has 3 heteroatoms. The van der Waals surface area contributed by atoms with E-state index in [1.54, 1.807) is 11.3 Å². The number of rotatable bonds is 1. The summed E-state index contributed by atoms with van der Waals surface area (Å²) in [4.78, 5) is 8.90. The zero-order chi connectivity index (χ0) is 9.42.